The van der Waals surface area contributed by atoms with Gasteiger partial charge in [0.1, 0.15) is 6.33 Å². The Morgan fingerprint density at radius 1 is 1.47 bits per heavy atom. The van der Waals surface area contributed by atoms with E-state index >= 15 is 0 Å². The molecular weight excluding hydrogens is 195 g/mol. The van der Waals surface area contributed by atoms with Crippen LogP contribution in [0.1, 0.15) is 25.0 Å². The number of halogens is 1. The van der Waals surface area contributed by atoms with Crippen LogP contribution in [0.2, 0.25) is 0 Å². The van der Waals surface area contributed by atoms with Crippen molar-refractivity contribution in [3.8, 4) is 0 Å². The number of anilines is 1. The van der Waals surface area contributed by atoms with Crippen LogP contribution in [-0.2, 0) is 0 Å². The Morgan fingerprint density at radius 2 is 2.27 bits per heavy atom. The zero-order valence-electron chi connectivity index (χ0n) is 8.70. The summed E-state index contributed by atoms with van der Waals surface area (Å²) in [7, 11) is 0. The lowest BCUT2D eigenvalue weighted by Crippen LogP contribution is -2.35. The molecule has 0 aliphatic heterocycles. The number of aromatic nitrogens is 2. The summed E-state index contributed by atoms with van der Waals surface area (Å²) in [5.41, 5.74) is 6.25. The molecule has 15 heavy (non-hydrogen) atoms. The summed E-state index contributed by atoms with van der Waals surface area (Å²) in [6.45, 7) is 1.62. The molecule has 0 spiro atoms. The van der Waals surface area contributed by atoms with Gasteiger partial charge in [0.05, 0.1) is 5.69 Å². The first kappa shape index (κ1) is 10.3. The van der Waals surface area contributed by atoms with Crippen molar-refractivity contribution in [1.29, 1.82) is 0 Å². The van der Waals surface area contributed by atoms with E-state index in [0.717, 1.165) is 19.3 Å². The van der Waals surface area contributed by atoms with Crippen molar-refractivity contribution in [2.75, 3.05) is 5.32 Å². The molecule has 1 aromatic heterocycles. The molecule has 2 atom stereocenters. The van der Waals surface area contributed by atoms with Gasteiger partial charge in [-0.25, -0.2) is 14.4 Å². The number of hydrogen-bond donors (Lipinski definition) is 2. The fourth-order valence-corrected chi connectivity index (χ4v) is 1.90. The number of aryl methyl sites for hydroxylation is 1. The molecule has 0 radical (unpaired) electrons. The molecule has 0 amide bonds. The summed E-state index contributed by atoms with van der Waals surface area (Å²) >= 11 is 0. The number of nitrogens with two attached hydrogens (primary N) is 1. The van der Waals surface area contributed by atoms with Gasteiger partial charge in [-0.15, -0.1) is 0 Å². The molecule has 4 nitrogen and oxygen atoms in total. The lowest BCUT2D eigenvalue weighted by Gasteiger charge is -2.18. The smallest absolute Gasteiger partial charge is 0.186 e. The molecule has 2 rings (SSSR count). The first-order chi connectivity index (χ1) is 7.18. The Bertz CT molecular complexity index is 355. The Kier molecular flexibility index (Phi) is 2.81. The second-order valence-corrected chi connectivity index (χ2v) is 3.97. The summed E-state index contributed by atoms with van der Waals surface area (Å²) in [5, 5.41) is 3.05. The van der Waals surface area contributed by atoms with Crippen LogP contribution < -0.4 is 11.1 Å². The molecule has 1 aliphatic carbocycles. The van der Waals surface area contributed by atoms with Crippen molar-refractivity contribution in [1.82, 2.24) is 9.97 Å². The van der Waals surface area contributed by atoms with E-state index in [4.69, 9.17) is 5.73 Å². The van der Waals surface area contributed by atoms with Crippen LogP contribution in [-0.4, -0.2) is 22.1 Å². The second kappa shape index (κ2) is 4.10. The van der Waals surface area contributed by atoms with Crippen molar-refractivity contribution in [3.05, 3.63) is 17.8 Å². The van der Waals surface area contributed by atoms with Gasteiger partial charge in [-0.3, -0.25) is 0 Å². The van der Waals surface area contributed by atoms with E-state index in [2.05, 4.69) is 15.3 Å². The molecule has 2 unspecified atom stereocenters. The minimum Gasteiger partial charge on any atom is -0.363 e. The van der Waals surface area contributed by atoms with Crippen molar-refractivity contribution >= 4 is 5.82 Å². The van der Waals surface area contributed by atoms with Gasteiger partial charge in [-0.2, -0.15) is 0 Å². The average Bonchev–Trinajstić information content (AvgIpc) is 2.60. The van der Waals surface area contributed by atoms with Crippen LogP contribution in [0.3, 0.4) is 0 Å². The summed E-state index contributed by atoms with van der Waals surface area (Å²) in [6, 6.07) is 0.230. The zero-order chi connectivity index (χ0) is 10.8. The Morgan fingerprint density at radius 3 is 2.93 bits per heavy atom. The highest BCUT2D eigenvalue weighted by Gasteiger charge is 2.25. The molecule has 3 N–H and O–H groups in total. The molecule has 0 saturated heterocycles. The number of hydrogen-bond acceptors (Lipinski definition) is 4. The Labute approximate surface area is 88.1 Å². The summed E-state index contributed by atoms with van der Waals surface area (Å²) in [4.78, 5) is 7.66. The molecule has 82 valence electrons. The van der Waals surface area contributed by atoms with E-state index in [1.165, 1.54) is 6.33 Å². The third-order valence-electron chi connectivity index (χ3n) is 2.86. The van der Waals surface area contributed by atoms with Crippen LogP contribution in [0.15, 0.2) is 6.33 Å². The van der Waals surface area contributed by atoms with Crippen LogP contribution >= 0.6 is 0 Å². The molecule has 1 heterocycles. The summed E-state index contributed by atoms with van der Waals surface area (Å²) in [5.74, 6) is -0.110. The first-order valence-electron chi connectivity index (χ1n) is 5.17. The maximum absolute atomic E-state index is 13.6. The number of rotatable bonds is 2. The van der Waals surface area contributed by atoms with Gasteiger partial charge in [0.2, 0.25) is 0 Å². The van der Waals surface area contributed by atoms with Gasteiger partial charge < -0.3 is 11.1 Å². The monoisotopic (exact) mass is 210 g/mol. The van der Waals surface area contributed by atoms with Gasteiger partial charge in [0, 0.05) is 12.1 Å². The molecule has 0 bridgehead atoms. The molecule has 1 saturated carbocycles. The second-order valence-electron chi connectivity index (χ2n) is 3.97. The van der Waals surface area contributed by atoms with Crippen molar-refractivity contribution in [3.63, 3.8) is 0 Å². The topological polar surface area (TPSA) is 63.8 Å². The highest BCUT2D eigenvalue weighted by atomic mass is 19.1. The van der Waals surface area contributed by atoms with Crippen LogP contribution in [0.4, 0.5) is 10.2 Å². The standard InChI is InChI=1S/C10H15FN4/c1-6-9(11)10(14-5-13-6)15-8-4-2-3-7(8)12/h5,7-8H,2-4,12H2,1H3,(H,13,14,15). The Balaban J connectivity index is 2.13. The maximum atomic E-state index is 13.6. The normalized spacial score (nSPS) is 25.5. The van der Waals surface area contributed by atoms with Crippen LogP contribution in [0.5, 0.6) is 0 Å². The molecule has 1 fully saturated rings. The van der Waals surface area contributed by atoms with E-state index in [-0.39, 0.29) is 23.7 Å². The van der Waals surface area contributed by atoms with E-state index in [9.17, 15) is 4.39 Å². The van der Waals surface area contributed by atoms with Crippen molar-refractivity contribution in [2.45, 2.75) is 38.3 Å². The summed E-state index contributed by atoms with van der Waals surface area (Å²) in [6.07, 6.45) is 4.42. The van der Waals surface area contributed by atoms with Gasteiger partial charge in [0.15, 0.2) is 11.6 Å². The molecular formula is C10H15FN4. The van der Waals surface area contributed by atoms with Crippen molar-refractivity contribution < 1.29 is 4.39 Å². The molecule has 1 aromatic rings. The third kappa shape index (κ3) is 2.07. The predicted molar refractivity (Wildman–Crippen MR) is 56.0 cm³/mol. The predicted octanol–water partition coefficient (Wildman–Crippen LogP) is 1.22. The fraction of sp³-hybridized carbons (Fsp3) is 0.600. The molecule has 1 aliphatic rings. The SMILES string of the molecule is Cc1ncnc(NC2CCCC2N)c1F. The largest absolute Gasteiger partial charge is 0.363 e. The molecule has 5 heteroatoms. The lowest BCUT2D eigenvalue weighted by molar-refractivity contribution is 0.587. The number of nitrogens with zero attached hydrogens (tertiary/aromatic N) is 2. The highest BCUT2D eigenvalue weighted by Crippen LogP contribution is 2.22. The fourth-order valence-electron chi connectivity index (χ4n) is 1.90. The van der Waals surface area contributed by atoms with Crippen LogP contribution in [0, 0.1) is 12.7 Å². The van der Waals surface area contributed by atoms with Crippen LogP contribution in [0.25, 0.3) is 0 Å². The minimum absolute atomic E-state index is 0.0969. The molecule has 0 aromatic carbocycles. The Hall–Kier alpha value is -1.23. The lowest BCUT2D eigenvalue weighted by atomic mass is 10.2. The van der Waals surface area contributed by atoms with Crippen molar-refractivity contribution in [2.24, 2.45) is 5.73 Å². The van der Waals surface area contributed by atoms with Gasteiger partial charge in [-0.05, 0) is 26.2 Å². The maximum Gasteiger partial charge on any atom is 0.186 e. The average molecular weight is 210 g/mol. The van der Waals surface area contributed by atoms with E-state index in [0.29, 0.717) is 5.69 Å². The van der Waals surface area contributed by atoms with E-state index < -0.39 is 0 Å². The van der Waals surface area contributed by atoms with Gasteiger partial charge >= 0.3 is 0 Å². The van der Waals surface area contributed by atoms with E-state index in [1.54, 1.807) is 6.92 Å². The zero-order valence-corrected chi connectivity index (χ0v) is 8.70. The van der Waals surface area contributed by atoms with Gasteiger partial charge in [-0.1, -0.05) is 0 Å². The first-order valence-corrected chi connectivity index (χ1v) is 5.17. The van der Waals surface area contributed by atoms with E-state index in [1.807, 2.05) is 0 Å². The minimum atomic E-state index is -0.378. The number of nitrogens with one attached hydrogen (secondary N) is 1. The highest BCUT2D eigenvalue weighted by molar-refractivity contribution is 5.38. The third-order valence-corrected chi connectivity index (χ3v) is 2.86. The quantitative estimate of drug-likeness (QED) is 0.770. The van der Waals surface area contributed by atoms with Gasteiger partial charge in [0.25, 0.3) is 0 Å². The summed E-state index contributed by atoms with van der Waals surface area (Å²) < 4.78 is 13.6.